The van der Waals surface area contributed by atoms with Crippen LogP contribution in [0.3, 0.4) is 0 Å². The van der Waals surface area contributed by atoms with Gasteiger partial charge in [-0.15, -0.1) is 0 Å². The van der Waals surface area contributed by atoms with E-state index in [-0.39, 0.29) is 5.91 Å². The van der Waals surface area contributed by atoms with Crippen LogP contribution >= 0.6 is 0 Å². The fourth-order valence-electron chi connectivity index (χ4n) is 3.22. The lowest BCUT2D eigenvalue weighted by Crippen LogP contribution is -2.39. The van der Waals surface area contributed by atoms with E-state index in [1.807, 2.05) is 0 Å². The summed E-state index contributed by atoms with van der Waals surface area (Å²) in [6.45, 7) is 4.28. The molecule has 0 spiro atoms. The van der Waals surface area contributed by atoms with Crippen LogP contribution in [0.4, 0.5) is 0 Å². The van der Waals surface area contributed by atoms with Gasteiger partial charge >= 0.3 is 0 Å². The third kappa shape index (κ3) is 3.98. The first-order valence-corrected chi connectivity index (χ1v) is 7.26. The lowest BCUT2D eigenvalue weighted by molar-refractivity contribution is -0.122. The molecule has 1 amide bonds. The molecule has 0 radical (unpaired) electrons. The zero-order chi connectivity index (χ0) is 12.1. The van der Waals surface area contributed by atoms with E-state index in [1.54, 1.807) is 0 Å². The Labute approximate surface area is 105 Å². The van der Waals surface area contributed by atoms with Crippen LogP contribution in [-0.4, -0.2) is 25.0 Å². The van der Waals surface area contributed by atoms with Gasteiger partial charge in [-0.1, -0.05) is 19.3 Å². The SMILES string of the molecule is CC(NC(=O)CC1CCNC1)C1CCCCC1. The van der Waals surface area contributed by atoms with Crippen molar-refractivity contribution in [2.75, 3.05) is 13.1 Å². The summed E-state index contributed by atoms with van der Waals surface area (Å²) >= 11 is 0. The van der Waals surface area contributed by atoms with Gasteiger partial charge in [-0.05, 0) is 51.1 Å². The average Bonchev–Trinajstić information content (AvgIpc) is 2.82. The number of hydrogen-bond acceptors (Lipinski definition) is 2. The largest absolute Gasteiger partial charge is 0.353 e. The molecule has 17 heavy (non-hydrogen) atoms. The van der Waals surface area contributed by atoms with Crippen LogP contribution in [0.2, 0.25) is 0 Å². The van der Waals surface area contributed by atoms with Crippen LogP contribution in [0, 0.1) is 11.8 Å². The Balaban J connectivity index is 1.69. The lowest BCUT2D eigenvalue weighted by Gasteiger charge is -2.28. The smallest absolute Gasteiger partial charge is 0.220 e. The molecule has 1 saturated heterocycles. The van der Waals surface area contributed by atoms with Gasteiger partial charge in [0.2, 0.25) is 5.91 Å². The predicted molar refractivity (Wildman–Crippen MR) is 69.8 cm³/mol. The van der Waals surface area contributed by atoms with Crippen molar-refractivity contribution in [1.82, 2.24) is 10.6 Å². The van der Waals surface area contributed by atoms with Gasteiger partial charge < -0.3 is 10.6 Å². The summed E-state index contributed by atoms with van der Waals surface area (Å²) in [5.41, 5.74) is 0. The Bertz CT molecular complexity index is 243. The van der Waals surface area contributed by atoms with Crippen LogP contribution in [0.15, 0.2) is 0 Å². The number of amides is 1. The maximum absolute atomic E-state index is 11.9. The van der Waals surface area contributed by atoms with Gasteiger partial charge in [0.25, 0.3) is 0 Å². The summed E-state index contributed by atoms with van der Waals surface area (Å²) in [5.74, 6) is 1.54. The molecule has 0 aromatic rings. The van der Waals surface area contributed by atoms with E-state index in [0.29, 0.717) is 18.4 Å². The number of rotatable bonds is 4. The van der Waals surface area contributed by atoms with Gasteiger partial charge in [-0.25, -0.2) is 0 Å². The zero-order valence-electron chi connectivity index (χ0n) is 11.0. The van der Waals surface area contributed by atoms with Gasteiger partial charge in [0, 0.05) is 12.5 Å². The first-order valence-electron chi connectivity index (χ1n) is 7.26. The second kappa shape index (κ2) is 6.39. The highest BCUT2D eigenvalue weighted by molar-refractivity contribution is 5.76. The third-order valence-corrected chi connectivity index (χ3v) is 4.38. The van der Waals surface area contributed by atoms with Crippen molar-refractivity contribution in [2.24, 2.45) is 11.8 Å². The minimum atomic E-state index is 0.261. The fourth-order valence-corrected chi connectivity index (χ4v) is 3.22. The molecule has 2 unspecified atom stereocenters. The number of hydrogen-bond donors (Lipinski definition) is 2. The van der Waals surface area contributed by atoms with Crippen LogP contribution < -0.4 is 10.6 Å². The Kier molecular flexibility index (Phi) is 4.84. The van der Waals surface area contributed by atoms with E-state index >= 15 is 0 Å². The number of carbonyl (C=O) groups is 1. The van der Waals surface area contributed by atoms with Crippen molar-refractivity contribution in [3.63, 3.8) is 0 Å². The highest BCUT2D eigenvalue weighted by atomic mass is 16.1. The second-order valence-electron chi connectivity index (χ2n) is 5.82. The van der Waals surface area contributed by atoms with Crippen molar-refractivity contribution in [3.8, 4) is 0 Å². The molecule has 2 aliphatic rings. The van der Waals surface area contributed by atoms with Crippen molar-refractivity contribution < 1.29 is 4.79 Å². The van der Waals surface area contributed by atoms with Gasteiger partial charge in [0.05, 0.1) is 0 Å². The molecule has 1 aliphatic carbocycles. The van der Waals surface area contributed by atoms with Crippen molar-refractivity contribution in [1.29, 1.82) is 0 Å². The predicted octanol–water partition coefficient (Wildman–Crippen LogP) is 2.07. The summed E-state index contributed by atoms with van der Waals surface area (Å²) in [4.78, 5) is 11.9. The molecule has 98 valence electrons. The Hall–Kier alpha value is -0.570. The molecule has 3 nitrogen and oxygen atoms in total. The van der Waals surface area contributed by atoms with Gasteiger partial charge in [0.1, 0.15) is 0 Å². The molecule has 1 heterocycles. The topological polar surface area (TPSA) is 41.1 Å². The first kappa shape index (κ1) is 12.9. The summed E-state index contributed by atoms with van der Waals surface area (Å²) in [5, 5.41) is 6.52. The van der Waals surface area contributed by atoms with Gasteiger partial charge in [0.15, 0.2) is 0 Å². The minimum absolute atomic E-state index is 0.261. The Morgan fingerprint density at radius 1 is 1.29 bits per heavy atom. The second-order valence-corrected chi connectivity index (χ2v) is 5.82. The zero-order valence-corrected chi connectivity index (χ0v) is 11.0. The van der Waals surface area contributed by atoms with Crippen LogP contribution in [0.5, 0.6) is 0 Å². The van der Waals surface area contributed by atoms with Gasteiger partial charge in [-0.3, -0.25) is 4.79 Å². The summed E-state index contributed by atoms with van der Waals surface area (Å²) in [7, 11) is 0. The van der Waals surface area contributed by atoms with E-state index in [9.17, 15) is 4.79 Å². The Morgan fingerprint density at radius 2 is 2.06 bits per heavy atom. The molecule has 2 N–H and O–H groups in total. The van der Waals surface area contributed by atoms with E-state index in [4.69, 9.17) is 0 Å². The van der Waals surface area contributed by atoms with E-state index in [1.165, 1.54) is 32.1 Å². The maximum atomic E-state index is 11.9. The molecule has 0 aromatic carbocycles. The molecule has 0 bridgehead atoms. The van der Waals surface area contributed by atoms with Crippen LogP contribution in [-0.2, 0) is 4.79 Å². The number of nitrogens with one attached hydrogen (secondary N) is 2. The van der Waals surface area contributed by atoms with Crippen molar-refractivity contribution >= 4 is 5.91 Å². The quantitative estimate of drug-likeness (QED) is 0.787. The van der Waals surface area contributed by atoms with Gasteiger partial charge in [-0.2, -0.15) is 0 Å². The van der Waals surface area contributed by atoms with E-state index < -0.39 is 0 Å². The molecule has 2 fully saturated rings. The molecular formula is C14H26N2O. The number of carbonyl (C=O) groups excluding carboxylic acids is 1. The minimum Gasteiger partial charge on any atom is -0.353 e. The van der Waals surface area contributed by atoms with E-state index in [2.05, 4.69) is 17.6 Å². The van der Waals surface area contributed by atoms with Crippen molar-refractivity contribution in [3.05, 3.63) is 0 Å². The normalized spacial score (nSPS) is 27.9. The average molecular weight is 238 g/mol. The summed E-state index contributed by atoms with van der Waals surface area (Å²) in [6, 6.07) is 0.372. The molecule has 0 aromatic heterocycles. The molecule has 2 rings (SSSR count). The van der Waals surface area contributed by atoms with Crippen molar-refractivity contribution in [2.45, 2.75) is 57.9 Å². The molecular weight excluding hydrogens is 212 g/mol. The molecule has 3 heteroatoms. The summed E-state index contributed by atoms with van der Waals surface area (Å²) < 4.78 is 0. The standard InChI is InChI=1S/C14H26N2O/c1-11(13-5-3-2-4-6-13)16-14(17)9-12-7-8-15-10-12/h11-13,15H,2-10H2,1H3,(H,16,17). The monoisotopic (exact) mass is 238 g/mol. The maximum Gasteiger partial charge on any atom is 0.220 e. The lowest BCUT2D eigenvalue weighted by atomic mass is 9.84. The fraction of sp³-hybridized carbons (Fsp3) is 0.929. The third-order valence-electron chi connectivity index (χ3n) is 4.38. The highest BCUT2D eigenvalue weighted by Gasteiger charge is 2.23. The highest BCUT2D eigenvalue weighted by Crippen LogP contribution is 2.26. The van der Waals surface area contributed by atoms with E-state index in [0.717, 1.165) is 25.4 Å². The van der Waals surface area contributed by atoms with Crippen LogP contribution in [0.25, 0.3) is 0 Å². The van der Waals surface area contributed by atoms with Crippen LogP contribution in [0.1, 0.15) is 51.9 Å². The Morgan fingerprint density at radius 3 is 2.71 bits per heavy atom. The molecule has 1 saturated carbocycles. The molecule has 2 atom stereocenters. The molecule has 1 aliphatic heterocycles. The summed E-state index contributed by atoms with van der Waals surface area (Å²) in [6.07, 6.45) is 8.54. The first-order chi connectivity index (χ1) is 8.25.